The summed E-state index contributed by atoms with van der Waals surface area (Å²) in [6.07, 6.45) is 4.88. The Kier molecular flexibility index (Phi) is 3.14. The van der Waals surface area contributed by atoms with Crippen molar-refractivity contribution >= 4 is 6.21 Å². The van der Waals surface area contributed by atoms with Gasteiger partial charge in [0.05, 0.1) is 6.21 Å². The van der Waals surface area contributed by atoms with E-state index in [1.165, 1.54) is 11.1 Å². The summed E-state index contributed by atoms with van der Waals surface area (Å²) >= 11 is 0. The third-order valence-corrected chi connectivity index (χ3v) is 2.76. The molecule has 92 valence electrons. The van der Waals surface area contributed by atoms with Crippen LogP contribution in [0.2, 0.25) is 0 Å². The van der Waals surface area contributed by atoms with Crippen LogP contribution >= 0.6 is 0 Å². The average molecular weight is 248 g/mol. The summed E-state index contributed by atoms with van der Waals surface area (Å²) in [5.74, 6) is 0. The van der Waals surface area contributed by atoms with Crippen molar-refractivity contribution in [3.05, 3.63) is 72.8 Å². The van der Waals surface area contributed by atoms with Gasteiger partial charge < -0.3 is 0 Å². The maximum atomic E-state index is 4.21. The van der Waals surface area contributed by atoms with E-state index in [4.69, 9.17) is 0 Å². The Hall–Kier alpha value is -2.75. The summed E-state index contributed by atoms with van der Waals surface area (Å²) < 4.78 is 1.56. The molecule has 0 bridgehead atoms. The molecule has 0 saturated carbocycles. The van der Waals surface area contributed by atoms with E-state index < -0.39 is 0 Å². The molecule has 0 aliphatic rings. The molecular formula is C15H12N4. The minimum atomic E-state index is 1.04. The minimum Gasteiger partial charge on any atom is -0.208 e. The van der Waals surface area contributed by atoms with Gasteiger partial charge in [0, 0.05) is 0 Å². The van der Waals surface area contributed by atoms with Crippen LogP contribution in [0.15, 0.2) is 72.4 Å². The second kappa shape index (κ2) is 5.27. The Morgan fingerprint density at radius 1 is 0.789 bits per heavy atom. The molecule has 3 aromatic rings. The zero-order chi connectivity index (χ0) is 12.9. The molecule has 0 unspecified atom stereocenters. The maximum Gasteiger partial charge on any atom is 0.141 e. The molecule has 0 N–H and O–H groups in total. The molecular weight excluding hydrogens is 236 g/mol. The summed E-state index contributed by atoms with van der Waals surface area (Å²) in [5, 5.41) is 11.6. The second-order valence-electron chi connectivity index (χ2n) is 4.07. The van der Waals surface area contributed by atoms with Crippen molar-refractivity contribution in [2.75, 3.05) is 0 Å². The molecule has 0 fully saturated rings. The Balaban J connectivity index is 1.80. The quantitative estimate of drug-likeness (QED) is 0.669. The molecule has 19 heavy (non-hydrogen) atoms. The maximum absolute atomic E-state index is 4.21. The van der Waals surface area contributed by atoms with Gasteiger partial charge in [-0.25, -0.2) is 4.68 Å². The van der Waals surface area contributed by atoms with Crippen LogP contribution in [0.4, 0.5) is 0 Å². The van der Waals surface area contributed by atoms with Crippen LogP contribution in [-0.2, 0) is 0 Å². The Bertz CT molecular complexity index is 655. The SMILES string of the molecule is C(=N/n1cnnc1)/c1ccc(-c2ccccc2)cc1. The first-order valence-corrected chi connectivity index (χ1v) is 5.96. The topological polar surface area (TPSA) is 43.1 Å². The standard InChI is InChI=1S/C15H12N4/c1-2-4-14(5-3-1)15-8-6-13(7-9-15)10-18-19-11-16-17-12-19/h1-12H/b18-10-. The highest BCUT2D eigenvalue weighted by molar-refractivity contribution is 5.80. The molecule has 1 aromatic heterocycles. The first-order chi connectivity index (χ1) is 9.42. The molecule has 0 aliphatic heterocycles. The second-order valence-corrected chi connectivity index (χ2v) is 4.07. The molecule has 0 atom stereocenters. The van der Waals surface area contributed by atoms with E-state index in [1.807, 2.05) is 30.3 Å². The van der Waals surface area contributed by atoms with Crippen molar-refractivity contribution in [1.82, 2.24) is 14.9 Å². The van der Waals surface area contributed by atoms with Crippen molar-refractivity contribution in [3.8, 4) is 11.1 Å². The van der Waals surface area contributed by atoms with Crippen LogP contribution in [0, 0.1) is 0 Å². The van der Waals surface area contributed by atoms with Crippen LogP contribution in [0.1, 0.15) is 5.56 Å². The van der Waals surface area contributed by atoms with Gasteiger partial charge in [0.25, 0.3) is 0 Å². The number of hydrogen-bond donors (Lipinski definition) is 0. The fourth-order valence-electron chi connectivity index (χ4n) is 1.78. The number of aromatic nitrogens is 3. The van der Waals surface area contributed by atoms with E-state index in [2.05, 4.69) is 39.6 Å². The Labute approximate surface area is 111 Å². The number of nitrogens with zero attached hydrogens (tertiary/aromatic N) is 4. The fourth-order valence-corrected chi connectivity index (χ4v) is 1.78. The number of hydrogen-bond acceptors (Lipinski definition) is 3. The van der Waals surface area contributed by atoms with Crippen LogP contribution in [0.5, 0.6) is 0 Å². The largest absolute Gasteiger partial charge is 0.208 e. The van der Waals surface area contributed by atoms with Gasteiger partial charge in [-0.1, -0.05) is 54.6 Å². The lowest BCUT2D eigenvalue weighted by Crippen LogP contribution is -1.87. The smallest absolute Gasteiger partial charge is 0.141 e. The van der Waals surface area contributed by atoms with Crippen molar-refractivity contribution in [2.24, 2.45) is 5.10 Å². The van der Waals surface area contributed by atoms with Gasteiger partial charge in [0.15, 0.2) is 0 Å². The lowest BCUT2D eigenvalue weighted by Gasteiger charge is -2.01. The highest BCUT2D eigenvalue weighted by Gasteiger charge is 1.95. The molecule has 0 amide bonds. The monoisotopic (exact) mass is 248 g/mol. The highest BCUT2D eigenvalue weighted by Crippen LogP contribution is 2.18. The highest BCUT2D eigenvalue weighted by atomic mass is 15.4. The van der Waals surface area contributed by atoms with Crippen LogP contribution in [0.3, 0.4) is 0 Å². The summed E-state index contributed by atoms with van der Waals surface area (Å²) in [5.41, 5.74) is 3.44. The van der Waals surface area contributed by atoms with Gasteiger partial charge >= 0.3 is 0 Å². The average Bonchev–Trinajstić information content (AvgIpc) is 3.00. The molecule has 4 heteroatoms. The lowest BCUT2D eigenvalue weighted by atomic mass is 10.0. The minimum absolute atomic E-state index is 1.04. The van der Waals surface area contributed by atoms with Crippen molar-refractivity contribution in [3.63, 3.8) is 0 Å². The lowest BCUT2D eigenvalue weighted by molar-refractivity contribution is 0.878. The zero-order valence-corrected chi connectivity index (χ0v) is 10.2. The molecule has 2 aromatic carbocycles. The number of benzene rings is 2. The van der Waals surface area contributed by atoms with E-state index in [-0.39, 0.29) is 0 Å². The molecule has 0 saturated heterocycles. The van der Waals surface area contributed by atoms with Crippen molar-refractivity contribution in [1.29, 1.82) is 0 Å². The van der Waals surface area contributed by atoms with Crippen LogP contribution in [-0.4, -0.2) is 21.1 Å². The molecule has 1 heterocycles. The van der Waals surface area contributed by atoms with Crippen molar-refractivity contribution in [2.45, 2.75) is 0 Å². The summed E-state index contributed by atoms with van der Waals surface area (Å²) in [7, 11) is 0. The third-order valence-electron chi connectivity index (χ3n) is 2.76. The van der Waals surface area contributed by atoms with Gasteiger partial charge in [-0.2, -0.15) is 5.10 Å². The van der Waals surface area contributed by atoms with E-state index >= 15 is 0 Å². The Morgan fingerprint density at radius 2 is 1.42 bits per heavy atom. The summed E-state index contributed by atoms with van der Waals surface area (Å²) in [4.78, 5) is 0. The van der Waals surface area contributed by atoms with Crippen LogP contribution < -0.4 is 0 Å². The van der Waals surface area contributed by atoms with Crippen molar-refractivity contribution < 1.29 is 0 Å². The molecule has 0 spiro atoms. The van der Waals surface area contributed by atoms with Gasteiger partial charge in [0.2, 0.25) is 0 Å². The predicted molar refractivity (Wildman–Crippen MR) is 74.9 cm³/mol. The molecule has 4 nitrogen and oxygen atoms in total. The fraction of sp³-hybridized carbons (Fsp3) is 0. The normalized spacial score (nSPS) is 10.9. The van der Waals surface area contributed by atoms with E-state index in [1.54, 1.807) is 23.5 Å². The van der Waals surface area contributed by atoms with Crippen LogP contribution in [0.25, 0.3) is 11.1 Å². The predicted octanol–water partition coefficient (Wildman–Crippen LogP) is 2.83. The van der Waals surface area contributed by atoms with Gasteiger partial charge in [-0.05, 0) is 16.7 Å². The van der Waals surface area contributed by atoms with Gasteiger partial charge in [-0.15, -0.1) is 10.2 Å². The third kappa shape index (κ3) is 2.74. The summed E-state index contributed by atoms with van der Waals surface area (Å²) in [6.45, 7) is 0. The zero-order valence-electron chi connectivity index (χ0n) is 10.2. The van der Waals surface area contributed by atoms with E-state index in [0.29, 0.717) is 0 Å². The van der Waals surface area contributed by atoms with Gasteiger partial charge in [0.1, 0.15) is 12.7 Å². The van der Waals surface area contributed by atoms with Gasteiger partial charge in [-0.3, -0.25) is 0 Å². The summed E-state index contributed by atoms with van der Waals surface area (Å²) in [6, 6.07) is 18.5. The van der Waals surface area contributed by atoms with E-state index in [0.717, 1.165) is 5.56 Å². The molecule has 0 radical (unpaired) electrons. The first kappa shape index (κ1) is 11.3. The number of rotatable bonds is 3. The molecule has 0 aliphatic carbocycles. The Morgan fingerprint density at radius 3 is 2.11 bits per heavy atom. The van der Waals surface area contributed by atoms with E-state index in [9.17, 15) is 0 Å². The molecule has 3 rings (SSSR count). The first-order valence-electron chi connectivity index (χ1n) is 5.96.